The van der Waals surface area contributed by atoms with E-state index in [0.717, 1.165) is 16.7 Å². The number of aryl methyl sites for hydroxylation is 2. The summed E-state index contributed by atoms with van der Waals surface area (Å²) >= 11 is 0. The smallest absolute Gasteiger partial charge is 0.297 e. The average molecular weight is 244 g/mol. The van der Waals surface area contributed by atoms with E-state index in [4.69, 9.17) is 5.11 Å². The zero-order chi connectivity index (χ0) is 12.3. The second kappa shape index (κ2) is 4.95. The molecule has 4 nitrogen and oxygen atoms in total. The number of aliphatic hydroxyl groups is 1. The third kappa shape index (κ3) is 2.81. The minimum absolute atomic E-state index is 0.140. The normalized spacial score (nSPS) is 11.8. The monoisotopic (exact) mass is 244 g/mol. The molecule has 0 radical (unpaired) electrons. The van der Waals surface area contributed by atoms with Gasteiger partial charge in [0, 0.05) is 0 Å². The molecule has 0 aliphatic carbocycles. The molecule has 0 saturated carbocycles. The summed E-state index contributed by atoms with van der Waals surface area (Å²) in [5.74, 6) is 0. The number of hydrogen-bond acceptors (Lipinski definition) is 4. The summed E-state index contributed by atoms with van der Waals surface area (Å²) in [6, 6.07) is 3.16. The highest BCUT2D eigenvalue weighted by Gasteiger charge is 2.16. The van der Waals surface area contributed by atoms with Gasteiger partial charge in [0.15, 0.2) is 0 Å². The van der Waals surface area contributed by atoms with Crippen LogP contribution in [0.2, 0.25) is 0 Å². The lowest BCUT2D eigenvalue weighted by Gasteiger charge is -2.09. The van der Waals surface area contributed by atoms with Crippen LogP contribution in [0.25, 0.3) is 0 Å². The SMILES string of the molecule is Cc1cc(S(=O)(=O)OCCO)cc(C)c1C. The van der Waals surface area contributed by atoms with Crippen molar-refractivity contribution in [2.75, 3.05) is 13.2 Å². The fraction of sp³-hybridized carbons (Fsp3) is 0.455. The third-order valence-corrected chi connectivity index (χ3v) is 3.81. The quantitative estimate of drug-likeness (QED) is 0.811. The van der Waals surface area contributed by atoms with E-state index in [1.807, 2.05) is 20.8 Å². The van der Waals surface area contributed by atoms with E-state index in [2.05, 4.69) is 4.18 Å². The molecule has 1 aromatic rings. The molecular formula is C11H16O4S. The van der Waals surface area contributed by atoms with E-state index in [0.29, 0.717) is 0 Å². The van der Waals surface area contributed by atoms with E-state index in [9.17, 15) is 8.42 Å². The molecule has 0 atom stereocenters. The summed E-state index contributed by atoms with van der Waals surface area (Å²) in [5, 5.41) is 8.54. The van der Waals surface area contributed by atoms with Crippen molar-refractivity contribution in [3.8, 4) is 0 Å². The number of benzene rings is 1. The predicted molar refractivity (Wildman–Crippen MR) is 60.9 cm³/mol. The maximum Gasteiger partial charge on any atom is 0.297 e. The van der Waals surface area contributed by atoms with Gasteiger partial charge in [-0.15, -0.1) is 0 Å². The number of aliphatic hydroxyl groups excluding tert-OH is 1. The Morgan fingerprint density at radius 2 is 1.69 bits per heavy atom. The van der Waals surface area contributed by atoms with Crippen LogP contribution in [0.1, 0.15) is 16.7 Å². The summed E-state index contributed by atoms with van der Waals surface area (Å²) in [7, 11) is -3.74. The van der Waals surface area contributed by atoms with Gasteiger partial charge in [0.25, 0.3) is 10.1 Å². The molecule has 0 aliphatic heterocycles. The molecule has 5 heteroatoms. The molecule has 0 spiro atoms. The summed E-state index contributed by atoms with van der Waals surface area (Å²) in [4.78, 5) is 0.140. The Balaban J connectivity index is 3.14. The molecule has 0 aliphatic rings. The fourth-order valence-corrected chi connectivity index (χ4v) is 2.43. The highest BCUT2D eigenvalue weighted by Crippen LogP contribution is 2.20. The molecule has 16 heavy (non-hydrogen) atoms. The van der Waals surface area contributed by atoms with Crippen LogP contribution in [-0.2, 0) is 14.3 Å². The van der Waals surface area contributed by atoms with Crippen molar-refractivity contribution in [1.29, 1.82) is 0 Å². The van der Waals surface area contributed by atoms with Gasteiger partial charge in [-0.05, 0) is 49.6 Å². The average Bonchev–Trinajstić information content (AvgIpc) is 2.22. The topological polar surface area (TPSA) is 63.6 Å². The number of hydrogen-bond donors (Lipinski definition) is 1. The van der Waals surface area contributed by atoms with Crippen LogP contribution < -0.4 is 0 Å². The van der Waals surface area contributed by atoms with Gasteiger partial charge >= 0.3 is 0 Å². The van der Waals surface area contributed by atoms with Crippen molar-refractivity contribution >= 4 is 10.1 Å². The van der Waals surface area contributed by atoms with Crippen LogP contribution in [-0.4, -0.2) is 26.7 Å². The van der Waals surface area contributed by atoms with Crippen LogP contribution in [0.4, 0.5) is 0 Å². The predicted octanol–water partition coefficient (Wildman–Crippen LogP) is 1.31. The van der Waals surface area contributed by atoms with Crippen LogP contribution >= 0.6 is 0 Å². The highest BCUT2D eigenvalue weighted by atomic mass is 32.2. The first kappa shape index (κ1) is 13.2. The van der Waals surface area contributed by atoms with Gasteiger partial charge in [0.05, 0.1) is 18.1 Å². The van der Waals surface area contributed by atoms with Gasteiger partial charge in [-0.2, -0.15) is 8.42 Å². The molecular weight excluding hydrogens is 228 g/mol. The Bertz CT molecular complexity index is 454. The Labute approximate surface area is 96.0 Å². The minimum Gasteiger partial charge on any atom is -0.394 e. The molecule has 0 heterocycles. The van der Waals surface area contributed by atoms with Gasteiger partial charge < -0.3 is 5.11 Å². The molecule has 1 aromatic carbocycles. The van der Waals surface area contributed by atoms with Crippen molar-refractivity contribution in [1.82, 2.24) is 0 Å². The molecule has 1 N–H and O–H groups in total. The van der Waals surface area contributed by atoms with Crippen LogP contribution in [0.5, 0.6) is 0 Å². The summed E-state index contributed by atoms with van der Waals surface area (Å²) in [5.41, 5.74) is 2.89. The lowest BCUT2D eigenvalue weighted by atomic mass is 10.1. The Hall–Kier alpha value is -0.910. The molecule has 90 valence electrons. The van der Waals surface area contributed by atoms with Crippen molar-refractivity contribution in [2.24, 2.45) is 0 Å². The second-order valence-corrected chi connectivity index (χ2v) is 5.30. The van der Waals surface area contributed by atoms with E-state index < -0.39 is 10.1 Å². The molecule has 0 unspecified atom stereocenters. The molecule has 0 amide bonds. The first-order chi connectivity index (χ1) is 7.38. The van der Waals surface area contributed by atoms with Crippen molar-refractivity contribution in [3.63, 3.8) is 0 Å². The van der Waals surface area contributed by atoms with Gasteiger partial charge in [-0.1, -0.05) is 0 Å². The zero-order valence-electron chi connectivity index (χ0n) is 9.65. The zero-order valence-corrected chi connectivity index (χ0v) is 10.5. The molecule has 0 fully saturated rings. The molecule has 0 aromatic heterocycles. The summed E-state index contributed by atoms with van der Waals surface area (Å²) in [6.45, 7) is 5.12. The first-order valence-corrected chi connectivity index (χ1v) is 6.37. The third-order valence-electron chi connectivity index (χ3n) is 2.52. The van der Waals surface area contributed by atoms with Crippen molar-refractivity contribution < 1.29 is 17.7 Å². The maximum atomic E-state index is 11.7. The largest absolute Gasteiger partial charge is 0.394 e. The maximum absolute atomic E-state index is 11.7. The Morgan fingerprint density at radius 3 is 2.12 bits per heavy atom. The van der Waals surface area contributed by atoms with E-state index in [1.165, 1.54) is 0 Å². The Kier molecular flexibility index (Phi) is 4.07. The highest BCUT2D eigenvalue weighted by molar-refractivity contribution is 7.86. The van der Waals surface area contributed by atoms with Gasteiger partial charge in [-0.25, -0.2) is 0 Å². The van der Waals surface area contributed by atoms with Crippen molar-refractivity contribution in [3.05, 3.63) is 28.8 Å². The van der Waals surface area contributed by atoms with Crippen LogP contribution in [0, 0.1) is 20.8 Å². The molecule has 0 bridgehead atoms. The second-order valence-electron chi connectivity index (χ2n) is 3.68. The molecule has 0 saturated heterocycles. The van der Waals surface area contributed by atoms with Gasteiger partial charge in [-0.3, -0.25) is 4.18 Å². The lowest BCUT2D eigenvalue weighted by Crippen LogP contribution is -2.10. The fourth-order valence-electron chi connectivity index (χ4n) is 1.36. The van der Waals surface area contributed by atoms with Gasteiger partial charge in [0.1, 0.15) is 0 Å². The summed E-state index contributed by atoms with van der Waals surface area (Å²) < 4.78 is 28.0. The van der Waals surface area contributed by atoms with E-state index >= 15 is 0 Å². The summed E-state index contributed by atoms with van der Waals surface area (Å²) in [6.07, 6.45) is 0. The first-order valence-electron chi connectivity index (χ1n) is 4.96. The van der Waals surface area contributed by atoms with E-state index in [-0.39, 0.29) is 18.1 Å². The standard InChI is InChI=1S/C11H16O4S/c1-8-6-11(7-9(2)10(8)3)16(13,14)15-5-4-12/h6-7,12H,4-5H2,1-3H3. The van der Waals surface area contributed by atoms with Crippen molar-refractivity contribution in [2.45, 2.75) is 25.7 Å². The lowest BCUT2D eigenvalue weighted by molar-refractivity contribution is 0.205. The minimum atomic E-state index is -3.74. The van der Waals surface area contributed by atoms with E-state index in [1.54, 1.807) is 12.1 Å². The van der Waals surface area contributed by atoms with Gasteiger partial charge in [0.2, 0.25) is 0 Å². The van der Waals surface area contributed by atoms with Crippen LogP contribution in [0.3, 0.4) is 0 Å². The van der Waals surface area contributed by atoms with Crippen LogP contribution in [0.15, 0.2) is 17.0 Å². The Morgan fingerprint density at radius 1 is 1.19 bits per heavy atom. The molecule has 1 rings (SSSR count). The number of rotatable bonds is 4.